The van der Waals surface area contributed by atoms with E-state index >= 15 is 0 Å². The van der Waals surface area contributed by atoms with Gasteiger partial charge in [-0.25, -0.2) is 4.98 Å². The van der Waals surface area contributed by atoms with Crippen LogP contribution in [0.1, 0.15) is 49.0 Å². The summed E-state index contributed by atoms with van der Waals surface area (Å²) < 4.78 is 28.1. The van der Waals surface area contributed by atoms with Gasteiger partial charge in [0, 0.05) is 31.2 Å². The van der Waals surface area contributed by atoms with Gasteiger partial charge in [0.05, 0.1) is 75.7 Å². The maximum atomic E-state index is 13.8. The Morgan fingerprint density at radius 3 is 2.30 bits per heavy atom. The van der Waals surface area contributed by atoms with Crippen molar-refractivity contribution in [3.8, 4) is 0 Å². The Morgan fingerprint density at radius 2 is 1.65 bits per heavy atom. The minimum Gasteiger partial charge on any atom is -0.382 e. The number of methoxy groups -OCH3 is 1. The molecule has 2 fully saturated rings. The third kappa shape index (κ3) is 6.86. The molecule has 1 saturated carbocycles. The number of likely N-dealkylation sites (tertiary alicyclic amines) is 1. The van der Waals surface area contributed by atoms with Crippen molar-refractivity contribution in [1.82, 2.24) is 9.88 Å². The van der Waals surface area contributed by atoms with Crippen LogP contribution in [0.5, 0.6) is 0 Å². The van der Waals surface area contributed by atoms with Gasteiger partial charge in [-0.2, -0.15) is 0 Å². The van der Waals surface area contributed by atoms with E-state index in [2.05, 4.69) is 24.1 Å². The molecule has 0 unspecified atom stereocenters. The molecule has 1 aromatic heterocycles. The molecule has 0 amide bonds. The molecule has 1 aromatic carbocycles. The average Bonchev–Trinajstić information content (AvgIpc) is 3.67. The number of anilines is 1. The first-order valence-corrected chi connectivity index (χ1v) is 15.6. The standard InChI is InChI=1S/C30H45N3O6S/c1-21-26-27(34)23-6-7-24-28(25(23)30(21,2)8-10-33(26)20-22-4-5-22)40-29(32-24)31-9-11-36-14-15-38-18-19-39-17-16-37-13-12-35-3/h6-7,21-22,26H,4-5,8-20H2,1-3H3,(H,31,32)/t21-,26-,30+/m0/s1. The fourth-order valence-corrected chi connectivity index (χ4v) is 7.30. The van der Waals surface area contributed by atoms with Crippen LogP contribution in [0.25, 0.3) is 10.2 Å². The molecule has 222 valence electrons. The molecule has 0 spiro atoms. The highest BCUT2D eigenvalue weighted by Gasteiger charge is 2.53. The Kier molecular flexibility index (Phi) is 10.4. The van der Waals surface area contributed by atoms with Gasteiger partial charge in [-0.1, -0.05) is 25.2 Å². The lowest BCUT2D eigenvalue weighted by molar-refractivity contribution is -0.00700. The number of ketones is 1. The predicted molar refractivity (Wildman–Crippen MR) is 157 cm³/mol. The molecule has 9 nitrogen and oxygen atoms in total. The number of nitrogens with zero attached hydrogens (tertiary/aromatic N) is 2. The molecule has 10 heteroatoms. The lowest BCUT2D eigenvalue weighted by atomic mass is 9.58. The molecule has 5 rings (SSSR count). The summed E-state index contributed by atoms with van der Waals surface area (Å²) in [5, 5.41) is 4.30. The number of rotatable bonds is 18. The van der Waals surface area contributed by atoms with Gasteiger partial charge in [0.1, 0.15) is 0 Å². The molecular weight excluding hydrogens is 530 g/mol. The number of thiazole rings is 1. The minimum absolute atomic E-state index is 0.00862. The van der Waals surface area contributed by atoms with E-state index < -0.39 is 0 Å². The van der Waals surface area contributed by atoms with Crippen molar-refractivity contribution < 1.29 is 28.5 Å². The number of nitrogens with one attached hydrogen (secondary N) is 1. The maximum absolute atomic E-state index is 13.8. The summed E-state index contributed by atoms with van der Waals surface area (Å²) in [4.78, 5) is 21.1. The van der Waals surface area contributed by atoms with Gasteiger partial charge in [0.25, 0.3) is 0 Å². The number of aromatic nitrogens is 1. The number of fused-ring (bicyclic) bond motifs is 6. The Hall–Kier alpha value is -1.66. The van der Waals surface area contributed by atoms with Gasteiger partial charge in [0.15, 0.2) is 10.9 Å². The first kappa shape index (κ1) is 29.8. The highest BCUT2D eigenvalue weighted by molar-refractivity contribution is 7.22. The van der Waals surface area contributed by atoms with Gasteiger partial charge in [-0.15, -0.1) is 0 Å². The normalized spacial score (nSPS) is 24.5. The summed E-state index contributed by atoms with van der Waals surface area (Å²) in [5.41, 5.74) is 3.11. The second kappa shape index (κ2) is 14.0. The quantitative estimate of drug-likeness (QED) is 0.265. The second-order valence-electron chi connectivity index (χ2n) is 11.4. The van der Waals surface area contributed by atoms with Crippen molar-refractivity contribution >= 4 is 32.5 Å². The van der Waals surface area contributed by atoms with Crippen molar-refractivity contribution in [2.75, 3.05) is 91.5 Å². The second-order valence-corrected chi connectivity index (χ2v) is 12.4. The Bertz CT molecular complexity index is 1120. The first-order valence-electron chi connectivity index (χ1n) is 14.8. The van der Waals surface area contributed by atoms with Crippen LogP contribution >= 0.6 is 11.3 Å². The number of hydrogen-bond acceptors (Lipinski definition) is 10. The fourth-order valence-electron chi connectivity index (χ4n) is 6.12. The molecule has 2 bridgehead atoms. The van der Waals surface area contributed by atoms with E-state index in [1.165, 1.54) is 18.4 Å². The molecule has 3 atom stereocenters. The number of carbonyl (C=O) groups excluding carboxylic acids is 1. The summed E-state index contributed by atoms with van der Waals surface area (Å²) in [5.74, 6) is 1.40. The van der Waals surface area contributed by atoms with E-state index in [-0.39, 0.29) is 11.5 Å². The number of ether oxygens (including phenoxy) is 5. The largest absolute Gasteiger partial charge is 0.382 e. The third-order valence-electron chi connectivity index (χ3n) is 8.71. The number of piperidine rings is 1. The number of carbonyl (C=O) groups is 1. The zero-order valence-corrected chi connectivity index (χ0v) is 25.1. The summed E-state index contributed by atoms with van der Waals surface area (Å²) >= 11 is 1.67. The van der Waals surface area contributed by atoms with Crippen LogP contribution in [0, 0.1) is 11.8 Å². The molecule has 2 aliphatic carbocycles. The van der Waals surface area contributed by atoms with E-state index in [0.717, 1.165) is 46.3 Å². The first-order chi connectivity index (χ1) is 19.5. The molecule has 40 heavy (non-hydrogen) atoms. The minimum atomic E-state index is -0.0106. The summed E-state index contributed by atoms with van der Waals surface area (Å²) in [6, 6.07) is 4.07. The van der Waals surface area contributed by atoms with Gasteiger partial charge in [0.2, 0.25) is 0 Å². The predicted octanol–water partition coefficient (Wildman–Crippen LogP) is 4.00. The summed E-state index contributed by atoms with van der Waals surface area (Å²) in [6.45, 7) is 12.4. The van der Waals surface area contributed by atoms with Crippen LogP contribution in [-0.2, 0) is 29.1 Å². The van der Waals surface area contributed by atoms with Crippen LogP contribution in [0.4, 0.5) is 5.13 Å². The fraction of sp³-hybridized carbons (Fsp3) is 0.733. The number of benzene rings is 1. The van der Waals surface area contributed by atoms with Crippen molar-refractivity contribution in [1.29, 1.82) is 0 Å². The number of hydrogen-bond donors (Lipinski definition) is 1. The van der Waals surface area contributed by atoms with Crippen molar-refractivity contribution in [3.63, 3.8) is 0 Å². The van der Waals surface area contributed by atoms with Crippen LogP contribution in [-0.4, -0.2) is 108 Å². The lowest BCUT2D eigenvalue weighted by Crippen LogP contribution is -2.61. The van der Waals surface area contributed by atoms with E-state index in [0.29, 0.717) is 77.7 Å². The van der Waals surface area contributed by atoms with Gasteiger partial charge < -0.3 is 29.0 Å². The van der Waals surface area contributed by atoms with Crippen LogP contribution in [0.3, 0.4) is 0 Å². The molecule has 2 aromatic rings. The molecule has 0 radical (unpaired) electrons. The van der Waals surface area contributed by atoms with Crippen LogP contribution in [0.2, 0.25) is 0 Å². The smallest absolute Gasteiger partial charge is 0.183 e. The lowest BCUT2D eigenvalue weighted by Gasteiger charge is -2.53. The monoisotopic (exact) mass is 575 g/mol. The molecule has 3 aliphatic rings. The van der Waals surface area contributed by atoms with Gasteiger partial charge >= 0.3 is 0 Å². The van der Waals surface area contributed by atoms with Crippen molar-refractivity contribution in [3.05, 3.63) is 23.3 Å². The van der Waals surface area contributed by atoms with Gasteiger partial charge in [-0.3, -0.25) is 9.69 Å². The van der Waals surface area contributed by atoms with E-state index in [1.807, 2.05) is 12.1 Å². The van der Waals surface area contributed by atoms with Crippen molar-refractivity contribution in [2.45, 2.75) is 44.6 Å². The highest BCUT2D eigenvalue weighted by atomic mass is 32.1. The zero-order chi connectivity index (χ0) is 28.0. The Morgan fingerprint density at radius 1 is 1.00 bits per heavy atom. The molecule has 1 N–H and O–H groups in total. The number of Topliss-reactive ketones (excluding diaryl/α,β-unsaturated/α-hetero) is 1. The maximum Gasteiger partial charge on any atom is 0.183 e. The van der Waals surface area contributed by atoms with Crippen LogP contribution < -0.4 is 5.32 Å². The van der Waals surface area contributed by atoms with Gasteiger partial charge in [-0.05, 0) is 55.3 Å². The Balaban J connectivity index is 1.05. The third-order valence-corrected chi connectivity index (χ3v) is 9.76. The van der Waals surface area contributed by atoms with E-state index in [9.17, 15) is 4.79 Å². The topological polar surface area (TPSA) is 91.4 Å². The van der Waals surface area contributed by atoms with E-state index in [1.54, 1.807) is 18.4 Å². The zero-order valence-electron chi connectivity index (χ0n) is 24.2. The summed E-state index contributed by atoms with van der Waals surface area (Å²) in [6.07, 6.45) is 3.72. The Labute approximate surface area is 241 Å². The summed E-state index contributed by atoms with van der Waals surface area (Å²) in [7, 11) is 1.65. The molecule has 2 heterocycles. The average molecular weight is 576 g/mol. The molecule has 1 saturated heterocycles. The van der Waals surface area contributed by atoms with Crippen LogP contribution in [0.15, 0.2) is 12.1 Å². The highest BCUT2D eigenvalue weighted by Crippen LogP contribution is 2.52. The van der Waals surface area contributed by atoms with E-state index in [4.69, 9.17) is 28.7 Å². The SMILES string of the molecule is COCCOCCOCCOCCOCCNc1nc2ccc3c(c2s1)[C@]1(C)CCN(CC2CC2)[C@H](C3=O)[C@@H]1C. The van der Waals surface area contributed by atoms with Crippen molar-refractivity contribution in [2.24, 2.45) is 11.8 Å². The molecule has 1 aliphatic heterocycles. The molecular formula is C30H45N3O6S.